The van der Waals surface area contributed by atoms with Crippen molar-refractivity contribution in [3.05, 3.63) is 59.2 Å². The molecule has 3 heteroatoms. The lowest BCUT2D eigenvalue weighted by Gasteiger charge is -2.14. The quantitative estimate of drug-likeness (QED) is 0.877. The summed E-state index contributed by atoms with van der Waals surface area (Å²) in [6.45, 7) is 6.88. The normalized spacial score (nSPS) is 12.0. The number of ether oxygens (including phenoxy) is 2. The molecule has 0 spiro atoms. The second-order valence-electron chi connectivity index (χ2n) is 5.15. The maximum atomic E-state index is 10.2. The number of aliphatic hydroxyl groups excluding tert-OH is 1. The van der Waals surface area contributed by atoms with Gasteiger partial charge in [-0.3, -0.25) is 0 Å². The molecule has 0 bridgehead atoms. The largest absolute Gasteiger partial charge is 0.494 e. The molecular formula is C18H22O3. The van der Waals surface area contributed by atoms with Crippen molar-refractivity contribution in [2.45, 2.75) is 26.9 Å². The van der Waals surface area contributed by atoms with E-state index < -0.39 is 6.10 Å². The monoisotopic (exact) mass is 286 g/mol. The lowest BCUT2D eigenvalue weighted by molar-refractivity contribution is 0.108. The van der Waals surface area contributed by atoms with E-state index in [1.807, 2.05) is 57.2 Å². The van der Waals surface area contributed by atoms with Gasteiger partial charge >= 0.3 is 0 Å². The van der Waals surface area contributed by atoms with E-state index in [1.54, 1.807) is 0 Å². The number of aryl methyl sites for hydroxylation is 2. The number of rotatable bonds is 6. The Bertz CT molecular complexity index is 555. The van der Waals surface area contributed by atoms with Crippen molar-refractivity contribution >= 4 is 0 Å². The second-order valence-corrected chi connectivity index (χ2v) is 5.15. The van der Waals surface area contributed by atoms with Crippen LogP contribution in [-0.2, 0) is 0 Å². The van der Waals surface area contributed by atoms with Crippen LogP contribution in [0, 0.1) is 13.8 Å². The Hall–Kier alpha value is -2.00. The van der Waals surface area contributed by atoms with E-state index in [-0.39, 0.29) is 6.61 Å². The minimum atomic E-state index is -0.651. The van der Waals surface area contributed by atoms with Gasteiger partial charge in [0, 0.05) is 0 Å². The molecule has 1 N–H and O–H groups in total. The van der Waals surface area contributed by atoms with E-state index in [1.165, 1.54) is 0 Å². The van der Waals surface area contributed by atoms with Crippen molar-refractivity contribution < 1.29 is 14.6 Å². The van der Waals surface area contributed by atoms with E-state index in [4.69, 9.17) is 9.47 Å². The topological polar surface area (TPSA) is 38.7 Å². The van der Waals surface area contributed by atoms with Crippen LogP contribution in [0.2, 0.25) is 0 Å². The van der Waals surface area contributed by atoms with Crippen LogP contribution in [0.1, 0.15) is 29.7 Å². The zero-order valence-electron chi connectivity index (χ0n) is 12.8. The lowest BCUT2D eigenvalue weighted by Crippen LogP contribution is -2.09. The molecule has 0 aliphatic carbocycles. The van der Waals surface area contributed by atoms with E-state index in [9.17, 15) is 5.11 Å². The highest BCUT2D eigenvalue weighted by molar-refractivity contribution is 5.33. The summed E-state index contributed by atoms with van der Waals surface area (Å²) in [6, 6.07) is 13.5. The number of hydrogen-bond acceptors (Lipinski definition) is 3. The van der Waals surface area contributed by atoms with E-state index in [0.29, 0.717) is 6.61 Å². The molecule has 0 amide bonds. The molecule has 0 aliphatic rings. The van der Waals surface area contributed by atoms with Crippen molar-refractivity contribution in [3.8, 4) is 11.5 Å². The molecule has 0 heterocycles. The average Bonchev–Trinajstić information content (AvgIpc) is 2.45. The highest BCUT2D eigenvalue weighted by Gasteiger charge is 2.09. The summed E-state index contributed by atoms with van der Waals surface area (Å²) in [7, 11) is 0. The van der Waals surface area contributed by atoms with Crippen molar-refractivity contribution in [2.75, 3.05) is 13.2 Å². The van der Waals surface area contributed by atoms with Gasteiger partial charge < -0.3 is 14.6 Å². The Morgan fingerprint density at radius 1 is 0.905 bits per heavy atom. The third-order valence-electron chi connectivity index (χ3n) is 3.18. The van der Waals surface area contributed by atoms with Crippen LogP contribution in [0.4, 0.5) is 0 Å². The molecule has 112 valence electrons. The van der Waals surface area contributed by atoms with Gasteiger partial charge in [-0.05, 0) is 61.7 Å². The second kappa shape index (κ2) is 7.14. The summed E-state index contributed by atoms with van der Waals surface area (Å²) >= 11 is 0. The van der Waals surface area contributed by atoms with Crippen molar-refractivity contribution in [2.24, 2.45) is 0 Å². The Morgan fingerprint density at radius 3 is 2.10 bits per heavy atom. The zero-order valence-corrected chi connectivity index (χ0v) is 12.8. The summed E-state index contributed by atoms with van der Waals surface area (Å²) in [5, 5.41) is 10.2. The van der Waals surface area contributed by atoms with Crippen LogP contribution in [-0.4, -0.2) is 18.3 Å². The molecular weight excluding hydrogens is 264 g/mol. The molecule has 1 atom stereocenters. The molecule has 0 saturated heterocycles. The highest BCUT2D eigenvalue weighted by atomic mass is 16.5. The van der Waals surface area contributed by atoms with Gasteiger partial charge in [-0.1, -0.05) is 18.2 Å². The smallest absolute Gasteiger partial charge is 0.119 e. The fourth-order valence-corrected chi connectivity index (χ4v) is 2.24. The molecule has 21 heavy (non-hydrogen) atoms. The maximum Gasteiger partial charge on any atom is 0.119 e. The molecule has 0 saturated carbocycles. The van der Waals surface area contributed by atoms with Gasteiger partial charge in [-0.2, -0.15) is 0 Å². The fourth-order valence-electron chi connectivity index (χ4n) is 2.24. The average molecular weight is 286 g/mol. The molecule has 1 unspecified atom stereocenters. The molecule has 0 aromatic heterocycles. The van der Waals surface area contributed by atoms with Gasteiger partial charge in [0.2, 0.25) is 0 Å². The third kappa shape index (κ3) is 4.50. The minimum absolute atomic E-state index is 0.233. The SMILES string of the molecule is CCOc1ccc(C(O)COc2cc(C)cc(C)c2)cc1. The van der Waals surface area contributed by atoms with Crippen LogP contribution in [0.3, 0.4) is 0 Å². The number of aliphatic hydroxyl groups is 1. The van der Waals surface area contributed by atoms with Gasteiger partial charge in [-0.25, -0.2) is 0 Å². The molecule has 3 nitrogen and oxygen atoms in total. The van der Waals surface area contributed by atoms with Crippen molar-refractivity contribution in [3.63, 3.8) is 0 Å². The minimum Gasteiger partial charge on any atom is -0.494 e. The Labute approximate surface area is 126 Å². The zero-order chi connectivity index (χ0) is 15.2. The molecule has 2 aromatic carbocycles. The summed E-state index contributed by atoms with van der Waals surface area (Å²) in [5.41, 5.74) is 3.13. The molecule has 0 aliphatic heterocycles. The first-order chi connectivity index (χ1) is 10.1. The van der Waals surface area contributed by atoms with Crippen LogP contribution >= 0.6 is 0 Å². The van der Waals surface area contributed by atoms with Crippen molar-refractivity contribution in [1.29, 1.82) is 0 Å². The van der Waals surface area contributed by atoms with Gasteiger partial charge in [-0.15, -0.1) is 0 Å². The predicted octanol–water partition coefficient (Wildman–Crippen LogP) is 3.81. The van der Waals surface area contributed by atoms with Crippen LogP contribution in [0.5, 0.6) is 11.5 Å². The van der Waals surface area contributed by atoms with Gasteiger partial charge in [0.05, 0.1) is 6.61 Å². The molecule has 0 radical (unpaired) electrons. The van der Waals surface area contributed by atoms with E-state index in [0.717, 1.165) is 28.2 Å². The first kappa shape index (κ1) is 15.4. The molecule has 2 aromatic rings. The summed E-state index contributed by atoms with van der Waals surface area (Å²) in [5.74, 6) is 1.60. The van der Waals surface area contributed by atoms with E-state index >= 15 is 0 Å². The maximum absolute atomic E-state index is 10.2. The van der Waals surface area contributed by atoms with Gasteiger partial charge in [0.1, 0.15) is 24.2 Å². The number of hydrogen-bond donors (Lipinski definition) is 1. The lowest BCUT2D eigenvalue weighted by atomic mass is 10.1. The summed E-state index contributed by atoms with van der Waals surface area (Å²) in [4.78, 5) is 0. The van der Waals surface area contributed by atoms with Crippen LogP contribution in [0.15, 0.2) is 42.5 Å². The standard InChI is InChI=1S/C18H22O3/c1-4-20-16-7-5-15(6-8-16)18(19)12-21-17-10-13(2)9-14(3)11-17/h5-11,18-19H,4,12H2,1-3H3. The summed E-state index contributed by atoms with van der Waals surface area (Å²) < 4.78 is 11.1. The Balaban J connectivity index is 1.96. The first-order valence-corrected chi connectivity index (χ1v) is 7.20. The van der Waals surface area contributed by atoms with Gasteiger partial charge in [0.15, 0.2) is 0 Å². The summed E-state index contributed by atoms with van der Waals surface area (Å²) in [6.07, 6.45) is -0.651. The van der Waals surface area contributed by atoms with Gasteiger partial charge in [0.25, 0.3) is 0 Å². The van der Waals surface area contributed by atoms with Crippen LogP contribution in [0.25, 0.3) is 0 Å². The fraction of sp³-hybridized carbons (Fsp3) is 0.333. The Kier molecular flexibility index (Phi) is 5.23. The molecule has 2 rings (SSSR count). The Morgan fingerprint density at radius 2 is 1.52 bits per heavy atom. The molecule has 0 fully saturated rings. The first-order valence-electron chi connectivity index (χ1n) is 7.20. The van der Waals surface area contributed by atoms with Crippen LogP contribution < -0.4 is 9.47 Å². The van der Waals surface area contributed by atoms with E-state index in [2.05, 4.69) is 6.07 Å². The third-order valence-corrected chi connectivity index (χ3v) is 3.18. The predicted molar refractivity (Wildman–Crippen MR) is 84.0 cm³/mol. The number of benzene rings is 2. The van der Waals surface area contributed by atoms with Crippen molar-refractivity contribution in [1.82, 2.24) is 0 Å². The highest BCUT2D eigenvalue weighted by Crippen LogP contribution is 2.21.